The van der Waals surface area contributed by atoms with Crippen LogP contribution >= 0.6 is 11.6 Å². The average Bonchev–Trinajstić information content (AvgIpc) is 3.20. The highest BCUT2D eigenvalue weighted by Crippen LogP contribution is 2.35. The van der Waals surface area contributed by atoms with E-state index in [1.165, 1.54) is 24.7 Å². The smallest absolute Gasteiger partial charge is 0.176 e. The molecule has 0 unspecified atom stereocenters. The zero-order valence-corrected chi connectivity index (χ0v) is 18.5. The first-order chi connectivity index (χ1) is 15.3. The van der Waals surface area contributed by atoms with E-state index in [1.54, 1.807) is 12.3 Å². The van der Waals surface area contributed by atoms with Crippen molar-refractivity contribution < 1.29 is 12.8 Å². The molecule has 2 aromatic carbocycles. The summed E-state index contributed by atoms with van der Waals surface area (Å²) in [5.41, 5.74) is 11.9. The monoisotopic (exact) mass is 464 g/mol. The second-order valence-corrected chi connectivity index (χ2v) is 9.69. The van der Waals surface area contributed by atoms with Gasteiger partial charge in [-0.25, -0.2) is 13.4 Å². The molecule has 0 bridgehead atoms. The van der Waals surface area contributed by atoms with Crippen LogP contribution in [0, 0.1) is 0 Å². The lowest BCUT2D eigenvalue weighted by Gasteiger charge is -2.11. The number of anilines is 1. The summed E-state index contributed by atoms with van der Waals surface area (Å²) < 4.78 is 30.1. The molecule has 0 amide bonds. The Bertz CT molecular complexity index is 1610. The van der Waals surface area contributed by atoms with Gasteiger partial charge in [0.1, 0.15) is 5.58 Å². The number of sulfone groups is 1. The zero-order valence-electron chi connectivity index (χ0n) is 16.9. The number of rotatable bonds is 4. The summed E-state index contributed by atoms with van der Waals surface area (Å²) in [5, 5.41) is 0.906. The van der Waals surface area contributed by atoms with Gasteiger partial charge in [0.2, 0.25) is 0 Å². The van der Waals surface area contributed by atoms with Crippen LogP contribution in [0.25, 0.3) is 44.4 Å². The number of hydrogen-bond donors (Lipinski definition) is 1. The Hall–Kier alpha value is -3.49. The molecule has 0 saturated heterocycles. The number of benzene rings is 2. The van der Waals surface area contributed by atoms with Crippen molar-refractivity contribution in [3.05, 3.63) is 66.8 Å². The first-order valence-electron chi connectivity index (χ1n) is 9.62. The lowest BCUT2D eigenvalue weighted by Crippen LogP contribution is -2.02. The van der Waals surface area contributed by atoms with E-state index in [9.17, 15) is 8.42 Å². The maximum absolute atomic E-state index is 12.3. The molecule has 160 valence electrons. The number of alkyl halides is 1. The molecule has 5 aromatic rings. The van der Waals surface area contributed by atoms with Gasteiger partial charge < -0.3 is 10.2 Å². The van der Waals surface area contributed by atoms with Gasteiger partial charge in [0, 0.05) is 46.4 Å². The molecule has 32 heavy (non-hydrogen) atoms. The lowest BCUT2D eigenvalue weighted by atomic mass is 10.0. The third-order valence-electron chi connectivity index (χ3n) is 5.24. The minimum Gasteiger partial charge on any atom is -0.464 e. The van der Waals surface area contributed by atoms with Gasteiger partial charge >= 0.3 is 0 Å². The van der Waals surface area contributed by atoms with Crippen LogP contribution in [0.3, 0.4) is 0 Å². The fourth-order valence-corrected chi connectivity index (χ4v) is 4.81. The minimum absolute atomic E-state index is 0.143. The van der Waals surface area contributed by atoms with Gasteiger partial charge in [-0.15, -0.1) is 11.6 Å². The number of halogens is 1. The summed E-state index contributed by atoms with van der Waals surface area (Å²) in [7, 11) is -3.48. The van der Waals surface area contributed by atoms with E-state index in [0.29, 0.717) is 33.9 Å². The molecule has 0 atom stereocenters. The number of nitrogens with zero attached hydrogens (tertiary/aromatic N) is 3. The Balaban J connectivity index is 1.77. The maximum Gasteiger partial charge on any atom is 0.176 e. The minimum atomic E-state index is -3.48. The molecule has 0 aliphatic carbocycles. The molecular weight excluding hydrogens is 448 g/mol. The quantitative estimate of drug-likeness (QED) is 0.299. The predicted molar refractivity (Wildman–Crippen MR) is 125 cm³/mol. The average molecular weight is 465 g/mol. The first-order valence-corrected chi connectivity index (χ1v) is 12.0. The van der Waals surface area contributed by atoms with Crippen LogP contribution < -0.4 is 5.73 Å². The van der Waals surface area contributed by atoms with Crippen LogP contribution in [0.15, 0.2) is 70.6 Å². The fourth-order valence-electron chi connectivity index (χ4n) is 3.74. The highest BCUT2D eigenvalue weighted by molar-refractivity contribution is 7.90. The molecule has 2 N–H and O–H groups in total. The second kappa shape index (κ2) is 7.58. The summed E-state index contributed by atoms with van der Waals surface area (Å²) in [6.45, 7) is 0. The standard InChI is InChI=1S/C23H17ClN4O3S/c1-32(29,30)22-4-5-26-10-18(22)20-11-27-19-8-15(25)7-17(23(19)28-20)13-2-3-21-16(6-13)14(9-24)12-31-21/h2-8,10-12H,9,25H2,1H3. The fraction of sp³-hybridized carbons (Fsp3) is 0.0870. The SMILES string of the molecule is CS(=O)(=O)c1ccncc1-c1cnc2cc(N)cc(-c3ccc4occ(CCl)c4c3)c2n1. The van der Waals surface area contributed by atoms with Crippen LogP contribution in [0.1, 0.15) is 5.56 Å². The predicted octanol–water partition coefficient (Wildman–Crippen LogP) is 4.83. The van der Waals surface area contributed by atoms with Crippen molar-refractivity contribution in [2.75, 3.05) is 12.0 Å². The lowest BCUT2D eigenvalue weighted by molar-refractivity contribution is 0.602. The van der Waals surface area contributed by atoms with E-state index in [-0.39, 0.29) is 4.90 Å². The number of aromatic nitrogens is 3. The maximum atomic E-state index is 12.3. The van der Waals surface area contributed by atoms with E-state index in [4.69, 9.17) is 26.7 Å². The highest BCUT2D eigenvalue weighted by atomic mass is 35.5. The number of hydrogen-bond acceptors (Lipinski definition) is 7. The largest absolute Gasteiger partial charge is 0.464 e. The van der Waals surface area contributed by atoms with Crippen molar-refractivity contribution in [2.45, 2.75) is 10.8 Å². The third-order valence-corrected chi connectivity index (χ3v) is 6.68. The van der Waals surface area contributed by atoms with Crippen LogP contribution in [0.4, 0.5) is 5.69 Å². The van der Waals surface area contributed by atoms with Crippen molar-refractivity contribution in [3.63, 3.8) is 0 Å². The van der Waals surface area contributed by atoms with E-state index >= 15 is 0 Å². The summed E-state index contributed by atoms with van der Waals surface area (Å²) in [6, 6.07) is 10.8. The molecule has 3 heterocycles. The molecule has 0 aliphatic heterocycles. The number of pyridine rings is 1. The van der Waals surface area contributed by atoms with Gasteiger partial charge in [0.15, 0.2) is 9.84 Å². The van der Waals surface area contributed by atoms with Gasteiger partial charge in [-0.05, 0) is 35.9 Å². The second-order valence-electron chi connectivity index (χ2n) is 7.44. The van der Waals surface area contributed by atoms with Crippen LogP contribution in [0.5, 0.6) is 0 Å². The topological polar surface area (TPSA) is 112 Å². The molecule has 0 spiro atoms. The Morgan fingerprint density at radius 3 is 2.72 bits per heavy atom. The van der Waals surface area contributed by atoms with E-state index in [1.807, 2.05) is 24.3 Å². The number of nitrogens with two attached hydrogens (primary N) is 1. The normalized spacial score (nSPS) is 11.9. The van der Waals surface area contributed by atoms with Gasteiger partial charge in [0.25, 0.3) is 0 Å². The molecule has 0 fully saturated rings. The Labute approximate surface area is 188 Å². The Morgan fingerprint density at radius 1 is 1.09 bits per heavy atom. The Morgan fingerprint density at radius 2 is 1.94 bits per heavy atom. The molecule has 7 nitrogen and oxygen atoms in total. The van der Waals surface area contributed by atoms with Gasteiger partial charge in [0.05, 0.1) is 40.0 Å². The molecular formula is C23H17ClN4O3S. The first kappa shape index (κ1) is 20.4. The van der Waals surface area contributed by atoms with Gasteiger partial charge in [-0.3, -0.25) is 9.97 Å². The van der Waals surface area contributed by atoms with E-state index in [0.717, 1.165) is 33.9 Å². The zero-order chi connectivity index (χ0) is 22.5. The van der Waals surface area contributed by atoms with Crippen LogP contribution in [0.2, 0.25) is 0 Å². The van der Waals surface area contributed by atoms with Crippen molar-refractivity contribution in [1.29, 1.82) is 0 Å². The summed E-state index contributed by atoms with van der Waals surface area (Å²) in [5.74, 6) is 0.327. The molecule has 0 saturated carbocycles. The molecule has 0 aliphatic rings. The van der Waals surface area contributed by atoms with Gasteiger partial charge in [-0.2, -0.15) is 0 Å². The van der Waals surface area contributed by atoms with Crippen molar-refractivity contribution in [1.82, 2.24) is 15.0 Å². The molecule has 0 radical (unpaired) electrons. The molecule has 9 heteroatoms. The van der Waals surface area contributed by atoms with Crippen LogP contribution in [-0.2, 0) is 15.7 Å². The van der Waals surface area contributed by atoms with Crippen molar-refractivity contribution in [3.8, 4) is 22.4 Å². The van der Waals surface area contributed by atoms with E-state index in [2.05, 4.69) is 9.97 Å². The van der Waals surface area contributed by atoms with Crippen LogP contribution in [-0.4, -0.2) is 29.6 Å². The van der Waals surface area contributed by atoms with Crippen molar-refractivity contribution >= 4 is 49.1 Å². The summed E-state index contributed by atoms with van der Waals surface area (Å²) in [6.07, 6.45) is 7.25. The number of furan rings is 1. The van der Waals surface area contributed by atoms with Gasteiger partial charge in [-0.1, -0.05) is 6.07 Å². The van der Waals surface area contributed by atoms with Crippen molar-refractivity contribution in [2.24, 2.45) is 0 Å². The molecule has 5 rings (SSSR count). The third kappa shape index (κ3) is 3.47. The Kier molecular flexibility index (Phi) is 4.83. The summed E-state index contributed by atoms with van der Waals surface area (Å²) >= 11 is 6.05. The number of nitrogen functional groups attached to an aromatic ring is 1. The highest BCUT2D eigenvalue weighted by Gasteiger charge is 2.18. The number of fused-ring (bicyclic) bond motifs is 2. The van der Waals surface area contributed by atoms with E-state index < -0.39 is 9.84 Å². The summed E-state index contributed by atoms with van der Waals surface area (Å²) in [4.78, 5) is 13.5. The molecule has 3 aromatic heterocycles.